The van der Waals surface area contributed by atoms with Gasteiger partial charge in [-0.05, 0) is 39.5 Å². The van der Waals surface area contributed by atoms with Crippen molar-refractivity contribution in [2.75, 3.05) is 25.1 Å². The van der Waals surface area contributed by atoms with Crippen LogP contribution in [0.15, 0.2) is 6.20 Å². The van der Waals surface area contributed by atoms with Gasteiger partial charge in [0.15, 0.2) is 0 Å². The van der Waals surface area contributed by atoms with Crippen LogP contribution in [-0.2, 0) is 4.74 Å². The molecule has 2 rings (SSSR count). The van der Waals surface area contributed by atoms with Crippen LogP contribution in [0, 0.1) is 12.8 Å². The van der Waals surface area contributed by atoms with Crippen molar-refractivity contribution < 1.29 is 9.53 Å². The maximum atomic E-state index is 11.9. The standard InChI is InChI=1S/C14H24N4O2/c1-4-20-8-7-15-14(19)17-13-10(2)9-16-18(13)11(3)12-5-6-12/h9,11-12H,4-8H2,1-3H3,(H2,15,17,19)/t11-/m0/s1. The second-order valence-electron chi connectivity index (χ2n) is 5.28. The monoisotopic (exact) mass is 280 g/mol. The molecule has 0 radical (unpaired) electrons. The second-order valence-corrected chi connectivity index (χ2v) is 5.28. The Balaban J connectivity index is 1.91. The Bertz CT molecular complexity index is 454. The van der Waals surface area contributed by atoms with Crippen molar-refractivity contribution in [2.24, 2.45) is 5.92 Å². The number of nitrogens with one attached hydrogen (secondary N) is 2. The second kappa shape index (κ2) is 6.74. The zero-order valence-corrected chi connectivity index (χ0v) is 12.5. The Hall–Kier alpha value is -1.56. The maximum Gasteiger partial charge on any atom is 0.320 e. The van der Waals surface area contributed by atoms with Crippen LogP contribution in [0.25, 0.3) is 0 Å². The number of aryl methyl sites for hydroxylation is 1. The quantitative estimate of drug-likeness (QED) is 0.753. The van der Waals surface area contributed by atoms with Crippen molar-refractivity contribution in [1.29, 1.82) is 0 Å². The zero-order valence-electron chi connectivity index (χ0n) is 12.5. The molecule has 0 saturated heterocycles. The topological polar surface area (TPSA) is 68.2 Å². The highest BCUT2D eigenvalue weighted by molar-refractivity contribution is 5.89. The van der Waals surface area contributed by atoms with Crippen LogP contribution in [0.2, 0.25) is 0 Å². The van der Waals surface area contributed by atoms with E-state index in [1.165, 1.54) is 12.8 Å². The molecule has 112 valence electrons. The largest absolute Gasteiger partial charge is 0.380 e. The molecule has 1 atom stereocenters. The number of carbonyl (C=O) groups excluding carboxylic acids is 1. The lowest BCUT2D eigenvalue weighted by molar-refractivity contribution is 0.150. The highest BCUT2D eigenvalue weighted by Crippen LogP contribution is 2.40. The highest BCUT2D eigenvalue weighted by Gasteiger charge is 2.31. The Morgan fingerprint density at radius 3 is 3.00 bits per heavy atom. The van der Waals surface area contributed by atoms with Crippen LogP contribution in [0.4, 0.5) is 10.6 Å². The molecule has 0 bridgehead atoms. The van der Waals surface area contributed by atoms with E-state index in [9.17, 15) is 4.79 Å². The van der Waals surface area contributed by atoms with Gasteiger partial charge in [-0.15, -0.1) is 0 Å². The first-order valence-corrected chi connectivity index (χ1v) is 7.30. The number of anilines is 1. The van der Waals surface area contributed by atoms with Crippen molar-refractivity contribution in [1.82, 2.24) is 15.1 Å². The third kappa shape index (κ3) is 3.72. The molecule has 1 aliphatic carbocycles. The van der Waals surface area contributed by atoms with Crippen molar-refractivity contribution in [2.45, 2.75) is 39.7 Å². The number of nitrogens with zero attached hydrogens (tertiary/aromatic N) is 2. The molecule has 1 aromatic heterocycles. The third-order valence-electron chi connectivity index (χ3n) is 3.64. The number of carbonyl (C=O) groups is 1. The van der Waals surface area contributed by atoms with Crippen molar-refractivity contribution >= 4 is 11.8 Å². The van der Waals surface area contributed by atoms with Gasteiger partial charge in [-0.3, -0.25) is 5.32 Å². The smallest absolute Gasteiger partial charge is 0.320 e. The summed E-state index contributed by atoms with van der Waals surface area (Å²) in [5, 5.41) is 10.1. The van der Waals surface area contributed by atoms with Gasteiger partial charge >= 0.3 is 6.03 Å². The van der Waals surface area contributed by atoms with Gasteiger partial charge in [0.25, 0.3) is 0 Å². The van der Waals surface area contributed by atoms with E-state index in [4.69, 9.17) is 4.74 Å². The first-order valence-electron chi connectivity index (χ1n) is 7.30. The molecule has 1 saturated carbocycles. The summed E-state index contributed by atoms with van der Waals surface area (Å²) in [4.78, 5) is 11.9. The minimum absolute atomic E-state index is 0.211. The molecule has 6 heteroatoms. The van der Waals surface area contributed by atoms with Gasteiger partial charge in [-0.2, -0.15) is 5.10 Å². The summed E-state index contributed by atoms with van der Waals surface area (Å²) in [6.07, 6.45) is 4.30. The molecule has 0 unspecified atom stereocenters. The van der Waals surface area contributed by atoms with E-state index < -0.39 is 0 Å². The normalized spacial score (nSPS) is 15.9. The Kier molecular flexibility index (Phi) is 5.00. The van der Waals surface area contributed by atoms with Gasteiger partial charge in [-0.25, -0.2) is 9.48 Å². The third-order valence-corrected chi connectivity index (χ3v) is 3.64. The van der Waals surface area contributed by atoms with Crippen molar-refractivity contribution in [3.63, 3.8) is 0 Å². The Morgan fingerprint density at radius 1 is 1.60 bits per heavy atom. The summed E-state index contributed by atoms with van der Waals surface area (Å²) in [6.45, 7) is 7.74. The molecular weight excluding hydrogens is 256 g/mol. The summed E-state index contributed by atoms with van der Waals surface area (Å²) in [5.74, 6) is 1.48. The minimum Gasteiger partial charge on any atom is -0.380 e. The number of urea groups is 1. The molecule has 0 aromatic carbocycles. The van der Waals surface area contributed by atoms with Gasteiger partial charge < -0.3 is 10.1 Å². The number of hydrogen-bond donors (Lipinski definition) is 2. The SMILES string of the molecule is CCOCCNC(=O)Nc1c(C)cnn1[C@@H](C)C1CC1. The lowest BCUT2D eigenvalue weighted by Crippen LogP contribution is -2.33. The van der Waals surface area contributed by atoms with Gasteiger partial charge in [0.2, 0.25) is 0 Å². The molecule has 1 fully saturated rings. The van der Waals surface area contributed by atoms with Crippen LogP contribution in [0.3, 0.4) is 0 Å². The maximum absolute atomic E-state index is 11.9. The molecule has 6 nitrogen and oxygen atoms in total. The van der Waals surface area contributed by atoms with E-state index in [0.717, 1.165) is 11.4 Å². The van der Waals surface area contributed by atoms with Gasteiger partial charge in [0.1, 0.15) is 5.82 Å². The summed E-state index contributed by atoms with van der Waals surface area (Å²) in [5.41, 5.74) is 0.984. The highest BCUT2D eigenvalue weighted by atomic mass is 16.5. The molecule has 2 N–H and O–H groups in total. The fourth-order valence-corrected chi connectivity index (χ4v) is 2.22. The van der Waals surface area contributed by atoms with Crippen LogP contribution in [-0.4, -0.2) is 35.6 Å². The predicted octanol–water partition coefficient (Wildman–Crippen LogP) is 2.32. The van der Waals surface area contributed by atoms with Gasteiger partial charge in [-0.1, -0.05) is 0 Å². The van der Waals surface area contributed by atoms with E-state index in [2.05, 4.69) is 22.7 Å². The number of rotatable bonds is 7. The van der Waals surface area contributed by atoms with E-state index in [0.29, 0.717) is 31.7 Å². The van der Waals surface area contributed by atoms with Crippen LogP contribution in [0.5, 0.6) is 0 Å². The van der Waals surface area contributed by atoms with E-state index in [1.54, 1.807) is 6.20 Å². The average molecular weight is 280 g/mol. The Labute approximate surface area is 119 Å². The lowest BCUT2D eigenvalue weighted by Gasteiger charge is -2.16. The fraction of sp³-hybridized carbons (Fsp3) is 0.714. The molecular formula is C14H24N4O2. The molecule has 20 heavy (non-hydrogen) atoms. The summed E-state index contributed by atoms with van der Waals surface area (Å²) < 4.78 is 7.11. The summed E-state index contributed by atoms with van der Waals surface area (Å²) >= 11 is 0. The van der Waals surface area contributed by atoms with Crippen LogP contribution >= 0.6 is 0 Å². The first kappa shape index (κ1) is 14.8. The minimum atomic E-state index is -0.211. The molecule has 2 amide bonds. The Morgan fingerprint density at radius 2 is 2.35 bits per heavy atom. The zero-order chi connectivity index (χ0) is 14.5. The predicted molar refractivity (Wildman–Crippen MR) is 77.9 cm³/mol. The number of aromatic nitrogens is 2. The molecule has 0 spiro atoms. The number of hydrogen-bond acceptors (Lipinski definition) is 3. The fourth-order valence-electron chi connectivity index (χ4n) is 2.22. The summed E-state index contributed by atoms with van der Waals surface area (Å²) in [7, 11) is 0. The first-order chi connectivity index (χ1) is 9.63. The van der Waals surface area contributed by atoms with E-state index in [1.807, 2.05) is 18.5 Å². The molecule has 1 aromatic rings. The molecule has 1 heterocycles. The van der Waals surface area contributed by atoms with Gasteiger partial charge in [0, 0.05) is 18.7 Å². The lowest BCUT2D eigenvalue weighted by atomic mass is 10.2. The van der Waals surface area contributed by atoms with Gasteiger partial charge in [0.05, 0.1) is 18.8 Å². The summed E-state index contributed by atoms with van der Waals surface area (Å²) in [6, 6.07) is 0.125. The van der Waals surface area contributed by atoms with E-state index >= 15 is 0 Å². The molecule has 0 aliphatic heterocycles. The average Bonchev–Trinajstić information content (AvgIpc) is 3.21. The van der Waals surface area contributed by atoms with Crippen molar-refractivity contribution in [3.8, 4) is 0 Å². The van der Waals surface area contributed by atoms with Crippen LogP contribution < -0.4 is 10.6 Å². The number of ether oxygens (including phenoxy) is 1. The van der Waals surface area contributed by atoms with E-state index in [-0.39, 0.29) is 6.03 Å². The van der Waals surface area contributed by atoms with Crippen molar-refractivity contribution in [3.05, 3.63) is 11.8 Å². The van der Waals surface area contributed by atoms with Crippen LogP contribution in [0.1, 0.15) is 38.3 Å². The molecule has 1 aliphatic rings. The number of amides is 2.